The van der Waals surface area contributed by atoms with Crippen LogP contribution in [0.1, 0.15) is 22.5 Å². The molecule has 0 bridgehead atoms. The van der Waals surface area contributed by atoms with E-state index < -0.39 is 0 Å². The SMILES string of the molecule is Cc1nc(Cl)c(C)c(Nc2cccc(C)c2C)n1. The minimum Gasteiger partial charge on any atom is -0.340 e. The van der Waals surface area contributed by atoms with Crippen molar-refractivity contribution in [3.63, 3.8) is 0 Å². The van der Waals surface area contributed by atoms with E-state index in [1.807, 2.05) is 26.0 Å². The molecule has 3 nitrogen and oxygen atoms in total. The summed E-state index contributed by atoms with van der Waals surface area (Å²) in [5.41, 5.74) is 4.37. The van der Waals surface area contributed by atoms with Gasteiger partial charge in [0.25, 0.3) is 0 Å². The Balaban J connectivity index is 2.43. The molecule has 0 amide bonds. The van der Waals surface area contributed by atoms with Crippen molar-refractivity contribution < 1.29 is 0 Å². The lowest BCUT2D eigenvalue weighted by molar-refractivity contribution is 1.03. The van der Waals surface area contributed by atoms with Gasteiger partial charge in [-0.25, -0.2) is 9.97 Å². The monoisotopic (exact) mass is 261 g/mol. The molecule has 18 heavy (non-hydrogen) atoms. The molecular weight excluding hydrogens is 246 g/mol. The van der Waals surface area contributed by atoms with E-state index in [2.05, 4.69) is 35.2 Å². The molecular formula is C14H16ClN3. The Morgan fingerprint density at radius 2 is 1.72 bits per heavy atom. The zero-order chi connectivity index (χ0) is 13.3. The van der Waals surface area contributed by atoms with Gasteiger partial charge in [0, 0.05) is 11.3 Å². The summed E-state index contributed by atoms with van der Waals surface area (Å²) in [6.07, 6.45) is 0. The summed E-state index contributed by atoms with van der Waals surface area (Å²) in [7, 11) is 0. The van der Waals surface area contributed by atoms with Crippen LogP contribution in [0.4, 0.5) is 11.5 Å². The van der Waals surface area contributed by atoms with Gasteiger partial charge >= 0.3 is 0 Å². The quantitative estimate of drug-likeness (QED) is 0.827. The van der Waals surface area contributed by atoms with Crippen LogP contribution in [-0.4, -0.2) is 9.97 Å². The van der Waals surface area contributed by atoms with Gasteiger partial charge in [0.05, 0.1) is 0 Å². The van der Waals surface area contributed by atoms with E-state index in [1.54, 1.807) is 0 Å². The molecule has 94 valence electrons. The summed E-state index contributed by atoms with van der Waals surface area (Å²) in [4.78, 5) is 8.52. The molecule has 2 rings (SSSR count). The smallest absolute Gasteiger partial charge is 0.138 e. The Kier molecular flexibility index (Phi) is 3.53. The van der Waals surface area contributed by atoms with Gasteiger partial charge in [0.2, 0.25) is 0 Å². The second-order valence-electron chi connectivity index (χ2n) is 4.41. The summed E-state index contributed by atoms with van der Waals surface area (Å²) in [5.74, 6) is 1.43. The Bertz CT molecular complexity index is 594. The van der Waals surface area contributed by atoms with Crippen LogP contribution in [0.25, 0.3) is 0 Å². The van der Waals surface area contributed by atoms with Gasteiger partial charge in [-0.05, 0) is 44.9 Å². The van der Waals surface area contributed by atoms with Crippen LogP contribution >= 0.6 is 11.6 Å². The minimum atomic E-state index is 0.496. The van der Waals surface area contributed by atoms with E-state index >= 15 is 0 Å². The van der Waals surface area contributed by atoms with Gasteiger partial charge in [0.15, 0.2) is 0 Å². The van der Waals surface area contributed by atoms with Crippen molar-refractivity contribution in [2.24, 2.45) is 0 Å². The Morgan fingerprint density at radius 3 is 2.44 bits per heavy atom. The molecule has 0 spiro atoms. The molecule has 1 aromatic carbocycles. The molecule has 0 aliphatic carbocycles. The van der Waals surface area contributed by atoms with Gasteiger partial charge in [-0.3, -0.25) is 0 Å². The van der Waals surface area contributed by atoms with Crippen molar-refractivity contribution in [3.05, 3.63) is 45.9 Å². The number of hydrogen-bond acceptors (Lipinski definition) is 3. The number of nitrogens with zero attached hydrogens (tertiary/aromatic N) is 2. The number of halogens is 1. The summed E-state index contributed by atoms with van der Waals surface area (Å²) in [6.45, 7) is 7.92. The normalized spacial score (nSPS) is 10.5. The van der Waals surface area contributed by atoms with Gasteiger partial charge in [0.1, 0.15) is 16.8 Å². The van der Waals surface area contributed by atoms with Gasteiger partial charge in [-0.15, -0.1) is 0 Å². The van der Waals surface area contributed by atoms with Crippen LogP contribution in [0.15, 0.2) is 18.2 Å². The first kappa shape index (κ1) is 12.8. The fourth-order valence-electron chi connectivity index (χ4n) is 1.73. The molecule has 1 aromatic heterocycles. The van der Waals surface area contributed by atoms with E-state index in [-0.39, 0.29) is 0 Å². The van der Waals surface area contributed by atoms with Crippen molar-refractivity contribution >= 4 is 23.1 Å². The standard InChI is InChI=1S/C14H16ClN3/c1-8-6-5-7-12(9(8)2)18-14-10(3)13(15)16-11(4)17-14/h5-7H,1-4H3,(H,16,17,18). The number of anilines is 2. The second kappa shape index (κ2) is 4.94. The summed E-state index contributed by atoms with van der Waals surface area (Å²) >= 11 is 6.07. The molecule has 0 fully saturated rings. The average Bonchev–Trinajstić information content (AvgIpc) is 2.31. The van der Waals surface area contributed by atoms with Crippen molar-refractivity contribution in [3.8, 4) is 0 Å². The van der Waals surface area contributed by atoms with Gasteiger partial charge in [-0.2, -0.15) is 0 Å². The minimum absolute atomic E-state index is 0.496. The predicted octanol–water partition coefficient (Wildman–Crippen LogP) is 4.11. The summed E-state index contributed by atoms with van der Waals surface area (Å²) in [6, 6.07) is 6.15. The number of nitrogens with one attached hydrogen (secondary N) is 1. The van der Waals surface area contributed by atoms with Crippen molar-refractivity contribution in [1.29, 1.82) is 0 Å². The first-order chi connectivity index (χ1) is 8.49. The van der Waals surface area contributed by atoms with E-state index in [9.17, 15) is 0 Å². The van der Waals surface area contributed by atoms with Crippen molar-refractivity contribution in [2.45, 2.75) is 27.7 Å². The lowest BCUT2D eigenvalue weighted by Gasteiger charge is -2.13. The Morgan fingerprint density at radius 1 is 1.00 bits per heavy atom. The zero-order valence-corrected chi connectivity index (χ0v) is 11.8. The van der Waals surface area contributed by atoms with Crippen LogP contribution in [0.5, 0.6) is 0 Å². The maximum absolute atomic E-state index is 6.07. The van der Waals surface area contributed by atoms with Gasteiger partial charge in [-0.1, -0.05) is 23.7 Å². The van der Waals surface area contributed by atoms with E-state index in [1.165, 1.54) is 11.1 Å². The lowest BCUT2D eigenvalue weighted by atomic mass is 10.1. The fraction of sp³-hybridized carbons (Fsp3) is 0.286. The maximum atomic E-state index is 6.07. The molecule has 0 radical (unpaired) electrons. The predicted molar refractivity (Wildman–Crippen MR) is 75.7 cm³/mol. The number of benzene rings is 1. The van der Waals surface area contributed by atoms with Crippen LogP contribution in [0.3, 0.4) is 0 Å². The molecule has 0 saturated heterocycles. The Hall–Kier alpha value is -1.61. The number of aromatic nitrogens is 2. The second-order valence-corrected chi connectivity index (χ2v) is 4.77. The molecule has 1 N–H and O–H groups in total. The zero-order valence-electron chi connectivity index (χ0n) is 11.0. The number of rotatable bonds is 2. The number of aryl methyl sites for hydroxylation is 2. The third kappa shape index (κ3) is 2.46. The number of hydrogen-bond donors (Lipinski definition) is 1. The first-order valence-electron chi connectivity index (χ1n) is 5.83. The van der Waals surface area contributed by atoms with Crippen LogP contribution in [0, 0.1) is 27.7 Å². The molecule has 0 unspecified atom stereocenters. The molecule has 0 saturated carbocycles. The average molecular weight is 262 g/mol. The van der Waals surface area contributed by atoms with Crippen molar-refractivity contribution in [2.75, 3.05) is 5.32 Å². The lowest BCUT2D eigenvalue weighted by Crippen LogP contribution is -2.02. The summed E-state index contributed by atoms with van der Waals surface area (Å²) in [5, 5.41) is 3.82. The Labute approximate surface area is 112 Å². The van der Waals surface area contributed by atoms with Gasteiger partial charge < -0.3 is 5.32 Å². The first-order valence-corrected chi connectivity index (χ1v) is 6.21. The van der Waals surface area contributed by atoms with E-state index in [4.69, 9.17) is 11.6 Å². The maximum Gasteiger partial charge on any atom is 0.138 e. The van der Waals surface area contributed by atoms with Crippen molar-refractivity contribution in [1.82, 2.24) is 9.97 Å². The molecule has 0 atom stereocenters. The highest BCUT2D eigenvalue weighted by atomic mass is 35.5. The fourth-order valence-corrected chi connectivity index (χ4v) is 1.94. The largest absolute Gasteiger partial charge is 0.340 e. The molecule has 1 heterocycles. The highest BCUT2D eigenvalue weighted by Crippen LogP contribution is 2.26. The molecule has 0 aliphatic heterocycles. The summed E-state index contributed by atoms with van der Waals surface area (Å²) < 4.78 is 0. The molecule has 0 aliphatic rings. The van der Waals surface area contributed by atoms with Crippen LogP contribution in [-0.2, 0) is 0 Å². The highest BCUT2D eigenvalue weighted by molar-refractivity contribution is 6.30. The molecule has 4 heteroatoms. The molecule has 2 aromatic rings. The topological polar surface area (TPSA) is 37.8 Å². The third-order valence-corrected chi connectivity index (χ3v) is 3.42. The van der Waals surface area contributed by atoms with Crippen LogP contribution in [0.2, 0.25) is 5.15 Å². The van der Waals surface area contributed by atoms with E-state index in [0.717, 1.165) is 17.1 Å². The third-order valence-electron chi connectivity index (χ3n) is 3.06. The highest BCUT2D eigenvalue weighted by Gasteiger charge is 2.09. The van der Waals surface area contributed by atoms with Crippen LogP contribution < -0.4 is 5.32 Å². The van der Waals surface area contributed by atoms with E-state index in [0.29, 0.717) is 11.0 Å².